The maximum absolute atomic E-state index is 13.2. The molecule has 5 rings (SSSR count). The molecule has 0 unspecified atom stereocenters. The van der Waals surface area contributed by atoms with Crippen molar-refractivity contribution in [3.63, 3.8) is 0 Å². The average Bonchev–Trinajstić information content (AvgIpc) is 3.46. The van der Waals surface area contributed by atoms with Gasteiger partial charge in [-0.2, -0.15) is 0 Å². The molecule has 3 aromatic heterocycles. The molecule has 1 aromatic carbocycles. The molecule has 0 spiro atoms. The first kappa shape index (κ1) is 22.0. The Kier molecular flexibility index (Phi) is 5.97. The SMILES string of the molecule is CCN(CC)CCn1c(N)c(C(=O)NCc2ccco2)c2nc3cc4c(cc3nc21)OCCO4. The van der Waals surface area contributed by atoms with Crippen molar-refractivity contribution in [3.8, 4) is 11.5 Å². The van der Waals surface area contributed by atoms with E-state index in [-0.39, 0.29) is 12.5 Å². The van der Waals surface area contributed by atoms with E-state index in [1.807, 2.05) is 10.6 Å². The van der Waals surface area contributed by atoms with E-state index in [0.29, 0.717) is 70.6 Å². The number of likely N-dealkylation sites (N-methyl/N-ethyl adjacent to an activating group) is 1. The second kappa shape index (κ2) is 9.22. The Morgan fingerprint density at radius 3 is 2.50 bits per heavy atom. The van der Waals surface area contributed by atoms with Crippen LogP contribution in [0.3, 0.4) is 0 Å². The standard InChI is InChI=1S/C24H28N6O4/c1-3-29(4-2)7-8-30-22(25)20(24(31)26-14-15-6-5-9-32-15)21-23(30)28-17-13-19-18(12-16(17)27-21)33-10-11-34-19/h5-6,9,12-13H,3-4,7-8,10-11,14,25H2,1-2H3,(H,26,31). The summed E-state index contributed by atoms with van der Waals surface area (Å²) in [6.45, 7) is 8.64. The van der Waals surface area contributed by atoms with Crippen molar-refractivity contribution < 1.29 is 18.7 Å². The monoisotopic (exact) mass is 464 g/mol. The van der Waals surface area contributed by atoms with Crippen LogP contribution < -0.4 is 20.5 Å². The molecule has 1 aliphatic rings. The minimum absolute atomic E-state index is 0.247. The maximum atomic E-state index is 13.2. The second-order valence-electron chi connectivity index (χ2n) is 8.08. The van der Waals surface area contributed by atoms with Gasteiger partial charge >= 0.3 is 0 Å². The Balaban J connectivity index is 1.60. The predicted molar refractivity (Wildman–Crippen MR) is 128 cm³/mol. The van der Waals surface area contributed by atoms with Crippen LogP contribution in [0.15, 0.2) is 34.9 Å². The first-order valence-electron chi connectivity index (χ1n) is 11.5. The highest BCUT2D eigenvalue weighted by Gasteiger charge is 2.25. The molecule has 34 heavy (non-hydrogen) atoms. The summed E-state index contributed by atoms with van der Waals surface area (Å²) in [5.41, 5.74) is 9.15. The van der Waals surface area contributed by atoms with Gasteiger partial charge < -0.3 is 34.4 Å². The molecule has 1 aliphatic heterocycles. The molecular formula is C24H28N6O4. The van der Waals surface area contributed by atoms with Crippen molar-refractivity contribution in [1.29, 1.82) is 0 Å². The van der Waals surface area contributed by atoms with Gasteiger partial charge in [-0.15, -0.1) is 0 Å². The summed E-state index contributed by atoms with van der Waals surface area (Å²) in [6.07, 6.45) is 1.57. The molecule has 10 heteroatoms. The van der Waals surface area contributed by atoms with E-state index in [0.717, 1.165) is 19.6 Å². The van der Waals surface area contributed by atoms with Crippen molar-refractivity contribution >= 4 is 33.9 Å². The van der Waals surface area contributed by atoms with Crippen LogP contribution >= 0.6 is 0 Å². The Morgan fingerprint density at radius 2 is 1.85 bits per heavy atom. The topological polar surface area (TPSA) is 121 Å². The summed E-state index contributed by atoms with van der Waals surface area (Å²) in [7, 11) is 0. The highest BCUT2D eigenvalue weighted by Crippen LogP contribution is 2.35. The van der Waals surface area contributed by atoms with Crippen LogP contribution in [0, 0.1) is 0 Å². The molecule has 1 amide bonds. The van der Waals surface area contributed by atoms with E-state index in [1.54, 1.807) is 24.5 Å². The Labute approximate surface area is 196 Å². The Morgan fingerprint density at radius 1 is 1.15 bits per heavy atom. The predicted octanol–water partition coefficient (Wildman–Crippen LogP) is 2.80. The van der Waals surface area contributed by atoms with Crippen LogP contribution in [0.4, 0.5) is 5.82 Å². The molecule has 0 bridgehead atoms. The summed E-state index contributed by atoms with van der Waals surface area (Å²) in [5.74, 6) is 1.92. The van der Waals surface area contributed by atoms with Gasteiger partial charge in [-0.25, -0.2) is 9.97 Å². The minimum atomic E-state index is -0.327. The number of fused-ring (bicyclic) bond motifs is 3. The minimum Gasteiger partial charge on any atom is -0.486 e. The fourth-order valence-electron chi connectivity index (χ4n) is 4.21. The van der Waals surface area contributed by atoms with E-state index >= 15 is 0 Å². The van der Waals surface area contributed by atoms with Crippen LogP contribution in [0.5, 0.6) is 11.5 Å². The van der Waals surface area contributed by atoms with Gasteiger partial charge in [-0.3, -0.25) is 4.79 Å². The number of anilines is 1. The third-order valence-corrected chi connectivity index (χ3v) is 6.11. The molecule has 0 aliphatic carbocycles. The number of hydrogen-bond donors (Lipinski definition) is 2. The molecule has 4 aromatic rings. The number of carbonyl (C=O) groups excluding carboxylic acids is 1. The third kappa shape index (κ3) is 4.01. The molecule has 0 atom stereocenters. The van der Waals surface area contributed by atoms with E-state index in [1.165, 1.54) is 0 Å². The number of benzene rings is 1. The van der Waals surface area contributed by atoms with Gasteiger partial charge in [0.25, 0.3) is 5.91 Å². The number of nitrogens with one attached hydrogen (secondary N) is 1. The van der Waals surface area contributed by atoms with Gasteiger partial charge in [-0.05, 0) is 25.2 Å². The molecule has 4 heterocycles. The zero-order chi connectivity index (χ0) is 23.7. The highest BCUT2D eigenvalue weighted by molar-refractivity contribution is 6.10. The lowest BCUT2D eigenvalue weighted by Crippen LogP contribution is -2.28. The van der Waals surface area contributed by atoms with Crippen LogP contribution in [0.2, 0.25) is 0 Å². The lowest BCUT2D eigenvalue weighted by atomic mass is 10.2. The van der Waals surface area contributed by atoms with Crippen molar-refractivity contribution in [2.45, 2.75) is 26.9 Å². The van der Waals surface area contributed by atoms with Gasteiger partial charge in [-0.1, -0.05) is 13.8 Å². The molecule has 10 nitrogen and oxygen atoms in total. The zero-order valence-corrected chi connectivity index (χ0v) is 19.3. The van der Waals surface area contributed by atoms with Crippen molar-refractivity contribution in [1.82, 2.24) is 24.8 Å². The van der Waals surface area contributed by atoms with Crippen LogP contribution in [-0.2, 0) is 13.1 Å². The molecule has 0 saturated heterocycles. The van der Waals surface area contributed by atoms with Crippen molar-refractivity contribution in [3.05, 3.63) is 41.9 Å². The van der Waals surface area contributed by atoms with Gasteiger partial charge in [0, 0.05) is 25.2 Å². The summed E-state index contributed by atoms with van der Waals surface area (Å²) in [5, 5.41) is 2.88. The zero-order valence-electron chi connectivity index (χ0n) is 19.3. The number of furan rings is 1. The molecular weight excluding hydrogens is 436 g/mol. The molecule has 0 saturated carbocycles. The normalized spacial score (nSPS) is 13.1. The smallest absolute Gasteiger partial charge is 0.257 e. The quantitative estimate of drug-likeness (QED) is 0.408. The van der Waals surface area contributed by atoms with Crippen molar-refractivity contribution in [2.24, 2.45) is 0 Å². The summed E-state index contributed by atoms with van der Waals surface area (Å²) in [6, 6.07) is 7.20. The molecule has 178 valence electrons. The number of aromatic nitrogens is 3. The number of nitrogens with two attached hydrogens (primary N) is 1. The highest BCUT2D eigenvalue weighted by atomic mass is 16.6. The van der Waals surface area contributed by atoms with Gasteiger partial charge in [0.05, 0.1) is 23.8 Å². The fraction of sp³-hybridized carbons (Fsp3) is 0.375. The van der Waals surface area contributed by atoms with Crippen molar-refractivity contribution in [2.75, 3.05) is 38.6 Å². The number of ether oxygens (including phenoxy) is 2. The maximum Gasteiger partial charge on any atom is 0.257 e. The molecule has 0 fully saturated rings. The van der Waals surface area contributed by atoms with E-state index in [2.05, 4.69) is 24.1 Å². The van der Waals surface area contributed by atoms with E-state index in [4.69, 9.17) is 29.6 Å². The molecule has 0 radical (unpaired) electrons. The largest absolute Gasteiger partial charge is 0.486 e. The number of nitrogens with zero attached hydrogens (tertiary/aromatic N) is 4. The third-order valence-electron chi connectivity index (χ3n) is 6.11. The summed E-state index contributed by atoms with van der Waals surface area (Å²) in [4.78, 5) is 25.2. The number of hydrogen-bond acceptors (Lipinski definition) is 8. The van der Waals surface area contributed by atoms with Crippen LogP contribution in [-0.4, -0.2) is 58.2 Å². The lowest BCUT2D eigenvalue weighted by Gasteiger charge is -2.19. The number of rotatable bonds is 8. The molecule has 3 N–H and O–H groups in total. The van der Waals surface area contributed by atoms with Gasteiger partial charge in [0.15, 0.2) is 17.1 Å². The fourth-order valence-corrected chi connectivity index (χ4v) is 4.21. The number of amides is 1. The first-order chi connectivity index (χ1) is 16.6. The Bertz CT molecular complexity index is 1330. The summed E-state index contributed by atoms with van der Waals surface area (Å²) >= 11 is 0. The number of carbonyl (C=O) groups is 1. The van der Waals surface area contributed by atoms with E-state index in [9.17, 15) is 4.79 Å². The number of nitrogen functional groups attached to an aromatic ring is 1. The summed E-state index contributed by atoms with van der Waals surface area (Å²) < 4.78 is 18.6. The lowest BCUT2D eigenvalue weighted by molar-refractivity contribution is 0.0950. The van der Waals surface area contributed by atoms with Crippen LogP contribution in [0.25, 0.3) is 22.2 Å². The van der Waals surface area contributed by atoms with E-state index < -0.39 is 0 Å². The van der Waals surface area contributed by atoms with Crippen LogP contribution in [0.1, 0.15) is 30.0 Å². The van der Waals surface area contributed by atoms with Gasteiger partial charge in [0.2, 0.25) is 0 Å². The van der Waals surface area contributed by atoms with Gasteiger partial charge in [0.1, 0.15) is 35.9 Å². The Hall–Kier alpha value is -3.79. The average molecular weight is 465 g/mol. The second-order valence-corrected chi connectivity index (χ2v) is 8.08. The first-order valence-corrected chi connectivity index (χ1v) is 11.5.